The van der Waals surface area contributed by atoms with E-state index in [0.29, 0.717) is 5.54 Å². The summed E-state index contributed by atoms with van der Waals surface area (Å²) < 4.78 is 5.31. The normalized spacial score (nSPS) is 10.5. The molecule has 0 aliphatic heterocycles. The first-order valence-electron chi connectivity index (χ1n) is 4.81. The van der Waals surface area contributed by atoms with Crippen LogP contribution in [-0.2, 0) is 9.22 Å². The number of rotatable bonds is 6. The van der Waals surface area contributed by atoms with Gasteiger partial charge in [-0.05, 0) is 11.6 Å². The van der Waals surface area contributed by atoms with Gasteiger partial charge in [0.1, 0.15) is 0 Å². The minimum atomic E-state index is -0.956. The van der Waals surface area contributed by atoms with E-state index in [1.165, 1.54) is 6.08 Å². The van der Waals surface area contributed by atoms with Crippen LogP contribution in [0.1, 0.15) is 33.6 Å². The lowest BCUT2D eigenvalue weighted by molar-refractivity contribution is -0.129. The van der Waals surface area contributed by atoms with E-state index in [1.54, 1.807) is 0 Å². The number of hydrogen-bond acceptors (Lipinski definition) is 2. The maximum atomic E-state index is 11.0. The third kappa shape index (κ3) is 5.63. The SMILES string of the molecule is C=CC(=O)O[Si](CCCC)C(C)C. The Morgan fingerprint density at radius 3 is 2.62 bits per heavy atom. The van der Waals surface area contributed by atoms with Crippen molar-refractivity contribution in [2.24, 2.45) is 0 Å². The Balaban J connectivity index is 3.93. The molecule has 1 radical (unpaired) electrons. The minimum absolute atomic E-state index is 0.265. The van der Waals surface area contributed by atoms with Crippen molar-refractivity contribution in [2.45, 2.75) is 45.2 Å². The van der Waals surface area contributed by atoms with Gasteiger partial charge in [0.25, 0.3) is 9.04 Å². The number of hydrogen-bond donors (Lipinski definition) is 0. The molecule has 0 aromatic rings. The molecule has 0 heterocycles. The second-order valence-electron chi connectivity index (χ2n) is 3.35. The third-order valence-electron chi connectivity index (χ3n) is 1.82. The Morgan fingerprint density at radius 1 is 1.62 bits per heavy atom. The highest BCUT2D eigenvalue weighted by Crippen LogP contribution is 2.16. The van der Waals surface area contributed by atoms with Crippen molar-refractivity contribution in [3.05, 3.63) is 12.7 Å². The van der Waals surface area contributed by atoms with Gasteiger partial charge in [0, 0.05) is 6.08 Å². The predicted molar refractivity (Wildman–Crippen MR) is 56.9 cm³/mol. The van der Waals surface area contributed by atoms with Crippen LogP contribution in [0, 0.1) is 0 Å². The minimum Gasteiger partial charge on any atom is -0.514 e. The second-order valence-corrected chi connectivity index (χ2v) is 6.14. The molecule has 13 heavy (non-hydrogen) atoms. The van der Waals surface area contributed by atoms with Crippen molar-refractivity contribution in [3.63, 3.8) is 0 Å². The van der Waals surface area contributed by atoms with E-state index >= 15 is 0 Å². The monoisotopic (exact) mass is 199 g/mol. The Labute approximate surface area is 82.7 Å². The molecule has 0 amide bonds. The van der Waals surface area contributed by atoms with Crippen molar-refractivity contribution >= 4 is 15.0 Å². The molecule has 75 valence electrons. The fourth-order valence-corrected chi connectivity index (χ4v) is 2.94. The lowest BCUT2D eigenvalue weighted by Gasteiger charge is -2.16. The average Bonchev–Trinajstić information content (AvgIpc) is 2.11. The van der Waals surface area contributed by atoms with Crippen molar-refractivity contribution in [1.29, 1.82) is 0 Å². The first-order chi connectivity index (χ1) is 6.11. The maximum Gasteiger partial charge on any atom is 0.316 e. The Bertz CT molecular complexity index is 166. The highest BCUT2D eigenvalue weighted by molar-refractivity contribution is 6.55. The highest BCUT2D eigenvalue weighted by Gasteiger charge is 2.20. The summed E-state index contributed by atoms with van der Waals surface area (Å²) in [4.78, 5) is 11.0. The van der Waals surface area contributed by atoms with E-state index in [9.17, 15) is 4.79 Å². The Morgan fingerprint density at radius 2 is 2.23 bits per heavy atom. The molecule has 3 heteroatoms. The molecule has 0 fully saturated rings. The standard InChI is InChI=1S/C10H19O2Si/c1-5-7-8-13(9(3)4)12-10(11)6-2/h6,9H,2,5,7-8H2,1,3-4H3. The van der Waals surface area contributed by atoms with Gasteiger partial charge in [0.15, 0.2) is 0 Å². The molecule has 0 spiro atoms. The summed E-state index contributed by atoms with van der Waals surface area (Å²) in [5.74, 6) is -0.265. The molecule has 0 unspecified atom stereocenters. The van der Waals surface area contributed by atoms with Gasteiger partial charge in [-0.2, -0.15) is 0 Å². The van der Waals surface area contributed by atoms with Crippen LogP contribution in [0.4, 0.5) is 0 Å². The van der Waals surface area contributed by atoms with E-state index in [0.717, 1.165) is 18.9 Å². The van der Waals surface area contributed by atoms with Gasteiger partial charge in [0.2, 0.25) is 0 Å². The van der Waals surface area contributed by atoms with E-state index in [-0.39, 0.29) is 5.97 Å². The van der Waals surface area contributed by atoms with Gasteiger partial charge >= 0.3 is 5.97 Å². The zero-order valence-electron chi connectivity index (χ0n) is 8.80. The largest absolute Gasteiger partial charge is 0.514 e. The summed E-state index contributed by atoms with van der Waals surface area (Å²) in [6, 6.07) is 1.05. The van der Waals surface area contributed by atoms with Gasteiger partial charge in [-0.3, -0.25) is 0 Å². The summed E-state index contributed by atoms with van der Waals surface area (Å²) in [7, 11) is -0.956. The summed E-state index contributed by atoms with van der Waals surface area (Å²) in [6.45, 7) is 9.77. The molecule has 0 saturated heterocycles. The van der Waals surface area contributed by atoms with E-state index in [1.807, 2.05) is 0 Å². The van der Waals surface area contributed by atoms with Gasteiger partial charge < -0.3 is 4.43 Å². The second kappa shape index (κ2) is 6.89. The first-order valence-corrected chi connectivity index (χ1v) is 6.51. The summed E-state index contributed by atoms with van der Waals surface area (Å²) in [6.07, 6.45) is 3.56. The third-order valence-corrected chi connectivity index (χ3v) is 4.42. The van der Waals surface area contributed by atoms with Gasteiger partial charge in [-0.25, -0.2) is 4.79 Å². The lowest BCUT2D eigenvalue weighted by atomic mass is 10.4. The summed E-state index contributed by atoms with van der Waals surface area (Å²) in [5, 5.41) is 0. The van der Waals surface area contributed by atoms with Crippen molar-refractivity contribution in [1.82, 2.24) is 0 Å². The van der Waals surface area contributed by atoms with Crippen molar-refractivity contribution < 1.29 is 9.22 Å². The zero-order valence-corrected chi connectivity index (χ0v) is 9.80. The molecular weight excluding hydrogens is 180 g/mol. The quantitative estimate of drug-likeness (QED) is 0.485. The van der Waals surface area contributed by atoms with Crippen LogP contribution >= 0.6 is 0 Å². The number of carbonyl (C=O) groups excluding carboxylic acids is 1. The van der Waals surface area contributed by atoms with Crippen LogP contribution in [0.25, 0.3) is 0 Å². The molecule has 0 saturated carbocycles. The number of carbonyl (C=O) groups is 1. The van der Waals surface area contributed by atoms with Crippen molar-refractivity contribution in [2.75, 3.05) is 0 Å². The Hall–Kier alpha value is -0.573. The van der Waals surface area contributed by atoms with E-state index in [2.05, 4.69) is 27.4 Å². The maximum absolute atomic E-state index is 11.0. The zero-order chi connectivity index (χ0) is 10.3. The van der Waals surface area contributed by atoms with Crippen LogP contribution in [0.15, 0.2) is 12.7 Å². The molecule has 0 aromatic heterocycles. The lowest BCUT2D eigenvalue weighted by Crippen LogP contribution is -2.24. The molecule has 0 aliphatic carbocycles. The molecule has 0 rings (SSSR count). The molecular formula is C10H19O2Si. The predicted octanol–water partition coefficient (Wildman–Crippen LogP) is 2.92. The fourth-order valence-electron chi connectivity index (χ4n) is 0.979. The Kier molecular flexibility index (Phi) is 6.59. The molecule has 0 aliphatic rings. The van der Waals surface area contributed by atoms with Crippen LogP contribution < -0.4 is 0 Å². The number of unbranched alkanes of at least 4 members (excludes halogenated alkanes) is 1. The molecule has 0 atom stereocenters. The summed E-state index contributed by atoms with van der Waals surface area (Å²) >= 11 is 0. The van der Waals surface area contributed by atoms with Crippen LogP contribution in [-0.4, -0.2) is 15.0 Å². The molecule has 0 bridgehead atoms. The van der Waals surface area contributed by atoms with Crippen LogP contribution in [0.5, 0.6) is 0 Å². The van der Waals surface area contributed by atoms with Gasteiger partial charge in [0.05, 0.1) is 0 Å². The van der Waals surface area contributed by atoms with E-state index < -0.39 is 9.04 Å². The molecule has 0 N–H and O–H groups in total. The van der Waals surface area contributed by atoms with E-state index in [4.69, 9.17) is 4.43 Å². The molecule has 2 nitrogen and oxygen atoms in total. The van der Waals surface area contributed by atoms with Crippen molar-refractivity contribution in [3.8, 4) is 0 Å². The first kappa shape index (κ1) is 12.4. The van der Waals surface area contributed by atoms with Crippen LogP contribution in [0.2, 0.25) is 11.6 Å². The van der Waals surface area contributed by atoms with Crippen LogP contribution in [0.3, 0.4) is 0 Å². The topological polar surface area (TPSA) is 26.3 Å². The van der Waals surface area contributed by atoms with Gasteiger partial charge in [-0.1, -0.05) is 40.2 Å². The van der Waals surface area contributed by atoms with Gasteiger partial charge in [-0.15, -0.1) is 0 Å². The summed E-state index contributed by atoms with van der Waals surface area (Å²) in [5.41, 5.74) is 0.487. The molecule has 0 aromatic carbocycles. The fraction of sp³-hybridized carbons (Fsp3) is 0.700. The highest BCUT2D eigenvalue weighted by atomic mass is 28.3. The smallest absolute Gasteiger partial charge is 0.316 e. The average molecular weight is 199 g/mol.